The molecule has 0 unspecified atom stereocenters. The molecule has 2 aliphatic rings. The van der Waals surface area contributed by atoms with Gasteiger partial charge in [0.1, 0.15) is 0 Å². The normalized spacial score (nSPS) is 22.6. The van der Waals surface area contributed by atoms with E-state index in [1.165, 1.54) is 31.7 Å². The Kier molecular flexibility index (Phi) is 4.45. The molecule has 0 bridgehead atoms. The van der Waals surface area contributed by atoms with Crippen LogP contribution in [0.3, 0.4) is 0 Å². The largest absolute Gasteiger partial charge is 0.505 e. The molecule has 2 N–H and O–H groups in total. The first-order valence-electron chi connectivity index (χ1n) is 8.10. The number of piperazine rings is 1. The van der Waals surface area contributed by atoms with Crippen LogP contribution in [0.25, 0.3) is 0 Å². The van der Waals surface area contributed by atoms with Crippen LogP contribution in [0.15, 0.2) is 12.1 Å². The molecule has 0 aromatic heterocycles. The van der Waals surface area contributed by atoms with E-state index in [1.807, 2.05) is 13.0 Å². The van der Waals surface area contributed by atoms with E-state index >= 15 is 0 Å². The molecule has 21 heavy (non-hydrogen) atoms. The second kappa shape index (κ2) is 6.32. The highest BCUT2D eigenvalue weighted by molar-refractivity contribution is 5.40. The third-order valence-electron chi connectivity index (χ3n) is 4.95. The Morgan fingerprint density at radius 1 is 1.24 bits per heavy atom. The van der Waals surface area contributed by atoms with E-state index in [0.29, 0.717) is 5.92 Å². The average molecular weight is 292 g/mol. The van der Waals surface area contributed by atoms with E-state index in [0.717, 1.165) is 37.3 Å². The van der Waals surface area contributed by atoms with Crippen molar-refractivity contribution in [3.63, 3.8) is 0 Å². The lowest BCUT2D eigenvalue weighted by Gasteiger charge is -2.39. The maximum Gasteiger partial charge on any atom is 0.165 e. The Labute approximate surface area is 126 Å². The van der Waals surface area contributed by atoms with Gasteiger partial charge in [0.05, 0.1) is 0 Å². The lowest BCUT2D eigenvalue weighted by Crippen LogP contribution is -2.46. The number of aryl methyl sites for hydroxylation is 1. The number of rotatable bonds is 3. The number of halogens is 1. The van der Waals surface area contributed by atoms with Gasteiger partial charge in [0.15, 0.2) is 11.6 Å². The summed E-state index contributed by atoms with van der Waals surface area (Å²) in [5.74, 6) is -0.0886. The van der Waals surface area contributed by atoms with E-state index in [9.17, 15) is 9.50 Å². The van der Waals surface area contributed by atoms with E-state index in [2.05, 4.69) is 10.2 Å². The van der Waals surface area contributed by atoms with Gasteiger partial charge >= 0.3 is 0 Å². The first-order chi connectivity index (χ1) is 10.2. The molecule has 3 rings (SSSR count). The van der Waals surface area contributed by atoms with Gasteiger partial charge in [-0.1, -0.05) is 18.9 Å². The molecule has 0 amide bonds. The predicted octanol–water partition coefficient (Wildman–Crippen LogP) is 2.98. The molecule has 4 heteroatoms. The molecular formula is C17H25FN2O. The van der Waals surface area contributed by atoms with Gasteiger partial charge in [-0.05, 0) is 37.3 Å². The number of aromatic hydroxyl groups is 1. The number of phenols is 1. The number of phenolic OH excluding ortho intramolecular Hbond substituents is 1. The fraction of sp³-hybridized carbons (Fsp3) is 0.647. The van der Waals surface area contributed by atoms with Gasteiger partial charge in [-0.2, -0.15) is 0 Å². The monoisotopic (exact) mass is 292 g/mol. The second-order valence-corrected chi connectivity index (χ2v) is 6.46. The molecule has 1 heterocycles. The summed E-state index contributed by atoms with van der Waals surface area (Å²) in [5.41, 5.74) is 1.68. The Bertz CT molecular complexity index is 494. The fourth-order valence-corrected chi connectivity index (χ4v) is 3.97. The topological polar surface area (TPSA) is 35.5 Å². The Hall–Kier alpha value is -1.13. The molecule has 0 radical (unpaired) electrons. The molecular weight excluding hydrogens is 267 g/mol. The third kappa shape index (κ3) is 3.06. The molecule has 1 aliphatic heterocycles. The first-order valence-corrected chi connectivity index (χ1v) is 8.10. The number of benzene rings is 1. The molecule has 2 fully saturated rings. The maximum absolute atomic E-state index is 14.0. The predicted molar refractivity (Wildman–Crippen MR) is 81.9 cm³/mol. The van der Waals surface area contributed by atoms with Crippen molar-refractivity contribution < 1.29 is 9.50 Å². The summed E-state index contributed by atoms with van der Waals surface area (Å²) in [6.07, 6.45) is 4.87. The van der Waals surface area contributed by atoms with Gasteiger partial charge < -0.3 is 10.4 Å². The summed E-state index contributed by atoms with van der Waals surface area (Å²) in [5, 5.41) is 13.6. The van der Waals surface area contributed by atoms with Gasteiger partial charge in [0.25, 0.3) is 0 Å². The number of hydrogen-bond donors (Lipinski definition) is 2. The van der Waals surface area contributed by atoms with E-state index < -0.39 is 5.82 Å². The van der Waals surface area contributed by atoms with Gasteiger partial charge in [-0.3, -0.25) is 4.90 Å². The van der Waals surface area contributed by atoms with Crippen molar-refractivity contribution in [2.24, 2.45) is 5.92 Å². The number of hydrogen-bond acceptors (Lipinski definition) is 3. The van der Waals surface area contributed by atoms with Crippen LogP contribution >= 0.6 is 0 Å². The first kappa shape index (κ1) is 14.8. The van der Waals surface area contributed by atoms with Gasteiger partial charge in [-0.25, -0.2) is 4.39 Å². The summed E-state index contributed by atoms with van der Waals surface area (Å²) in [4.78, 5) is 2.43. The standard InChI is InChI=1S/C17H25FN2O/c1-12-10-14(17(21)15(18)11-12)16(13-4-2-3-5-13)20-8-6-19-7-9-20/h10-11,13,16,19,21H,2-9H2,1H3/t16-/m1/s1. The van der Waals surface area contributed by atoms with E-state index in [4.69, 9.17) is 0 Å². The van der Waals surface area contributed by atoms with Crippen LogP contribution in [0.1, 0.15) is 42.9 Å². The van der Waals surface area contributed by atoms with Gasteiger partial charge in [-0.15, -0.1) is 0 Å². The van der Waals surface area contributed by atoms with Crippen LogP contribution in [0, 0.1) is 18.7 Å². The number of nitrogens with zero attached hydrogens (tertiary/aromatic N) is 1. The van der Waals surface area contributed by atoms with Crippen molar-refractivity contribution in [2.45, 2.75) is 38.6 Å². The lowest BCUT2D eigenvalue weighted by molar-refractivity contribution is 0.122. The lowest BCUT2D eigenvalue weighted by atomic mass is 9.88. The quantitative estimate of drug-likeness (QED) is 0.899. The summed E-state index contributed by atoms with van der Waals surface area (Å²) in [7, 11) is 0. The minimum Gasteiger partial charge on any atom is -0.505 e. The molecule has 1 aromatic rings. The maximum atomic E-state index is 14.0. The van der Waals surface area contributed by atoms with E-state index in [-0.39, 0.29) is 11.8 Å². The minimum absolute atomic E-state index is 0.143. The van der Waals surface area contributed by atoms with Crippen LogP contribution in [0.4, 0.5) is 4.39 Å². The molecule has 1 aromatic carbocycles. The zero-order valence-corrected chi connectivity index (χ0v) is 12.7. The molecule has 0 spiro atoms. The summed E-state index contributed by atoms with van der Waals surface area (Å²) in [6.45, 7) is 5.78. The fourth-order valence-electron chi connectivity index (χ4n) is 3.97. The Morgan fingerprint density at radius 2 is 1.90 bits per heavy atom. The summed E-state index contributed by atoms with van der Waals surface area (Å²) < 4.78 is 14.0. The smallest absolute Gasteiger partial charge is 0.165 e. The minimum atomic E-state index is -0.483. The highest BCUT2D eigenvalue weighted by Crippen LogP contribution is 2.43. The second-order valence-electron chi connectivity index (χ2n) is 6.46. The highest BCUT2D eigenvalue weighted by Gasteiger charge is 2.34. The van der Waals surface area contributed by atoms with Crippen molar-refractivity contribution in [1.82, 2.24) is 10.2 Å². The van der Waals surface area contributed by atoms with Crippen molar-refractivity contribution in [1.29, 1.82) is 0 Å². The zero-order chi connectivity index (χ0) is 14.8. The molecule has 1 atom stereocenters. The van der Waals surface area contributed by atoms with Crippen LogP contribution in [0.2, 0.25) is 0 Å². The molecule has 1 saturated heterocycles. The van der Waals surface area contributed by atoms with Gasteiger partial charge in [0.2, 0.25) is 0 Å². The summed E-state index contributed by atoms with van der Waals surface area (Å²) >= 11 is 0. The van der Waals surface area contributed by atoms with E-state index in [1.54, 1.807) is 0 Å². The molecule has 1 saturated carbocycles. The molecule has 3 nitrogen and oxygen atoms in total. The van der Waals surface area contributed by atoms with Crippen LogP contribution in [-0.4, -0.2) is 36.2 Å². The highest BCUT2D eigenvalue weighted by atomic mass is 19.1. The van der Waals surface area contributed by atoms with Crippen LogP contribution in [0.5, 0.6) is 5.75 Å². The number of nitrogens with one attached hydrogen (secondary N) is 1. The average Bonchev–Trinajstić information content (AvgIpc) is 2.99. The third-order valence-corrected chi connectivity index (χ3v) is 4.95. The van der Waals surface area contributed by atoms with Crippen molar-refractivity contribution in [3.8, 4) is 5.75 Å². The summed E-state index contributed by atoms with van der Waals surface area (Å²) in [6, 6.07) is 3.55. The Morgan fingerprint density at radius 3 is 2.57 bits per heavy atom. The van der Waals surface area contributed by atoms with Gasteiger partial charge in [0, 0.05) is 37.8 Å². The SMILES string of the molecule is Cc1cc(F)c(O)c([C@@H](C2CCCC2)N2CCNCC2)c1. The molecule has 116 valence electrons. The van der Waals surface area contributed by atoms with Crippen LogP contribution < -0.4 is 5.32 Å². The van der Waals surface area contributed by atoms with Crippen molar-refractivity contribution >= 4 is 0 Å². The van der Waals surface area contributed by atoms with Crippen LogP contribution in [-0.2, 0) is 0 Å². The van der Waals surface area contributed by atoms with Crippen molar-refractivity contribution in [3.05, 3.63) is 29.1 Å². The Balaban J connectivity index is 1.97. The zero-order valence-electron chi connectivity index (χ0n) is 12.7. The van der Waals surface area contributed by atoms with Crippen molar-refractivity contribution in [2.75, 3.05) is 26.2 Å². The molecule has 1 aliphatic carbocycles.